The van der Waals surface area contributed by atoms with E-state index in [1.165, 1.54) is 11.1 Å². The molecule has 0 radical (unpaired) electrons. The Morgan fingerprint density at radius 2 is 2.44 bits per heavy atom. The van der Waals surface area contributed by atoms with Crippen molar-refractivity contribution in [3.05, 3.63) is 42.2 Å². The van der Waals surface area contributed by atoms with Crippen molar-refractivity contribution in [2.75, 3.05) is 18.1 Å². The summed E-state index contributed by atoms with van der Waals surface area (Å²) in [5, 5.41) is 3.50. The van der Waals surface area contributed by atoms with Gasteiger partial charge in [0.15, 0.2) is 0 Å². The summed E-state index contributed by atoms with van der Waals surface area (Å²) in [6.45, 7) is 9.03. The van der Waals surface area contributed by atoms with Gasteiger partial charge in [0.05, 0.1) is 0 Å². The maximum atomic E-state index is 4.17. The van der Waals surface area contributed by atoms with Gasteiger partial charge in [-0.3, -0.25) is 4.98 Å². The molecule has 0 aliphatic heterocycles. The smallest absolute Gasteiger partial charge is 0.0318 e. The van der Waals surface area contributed by atoms with Crippen molar-refractivity contribution in [3.8, 4) is 0 Å². The number of nitrogens with zero attached hydrogens (tertiary/aromatic N) is 1. The summed E-state index contributed by atoms with van der Waals surface area (Å²) >= 11 is 1.90. The van der Waals surface area contributed by atoms with Crippen LogP contribution in [0.1, 0.15) is 24.1 Å². The number of rotatable bonds is 7. The molecule has 0 aliphatic carbocycles. The number of aromatic nitrogens is 1. The van der Waals surface area contributed by atoms with Gasteiger partial charge in [-0.25, -0.2) is 0 Å². The summed E-state index contributed by atoms with van der Waals surface area (Å²) in [5.74, 6) is 2.15. The van der Waals surface area contributed by atoms with Crippen LogP contribution in [0.15, 0.2) is 31.1 Å². The van der Waals surface area contributed by atoms with E-state index in [4.69, 9.17) is 0 Å². The first kappa shape index (κ1) is 13.3. The highest BCUT2D eigenvalue weighted by atomic mass is 32.2. The van der Waals surface area contributed by atoms with Crippen LogP contribution in [0, 0.1) is 6.92 Å². The van der Waals surface area contributed by atoms with Crippen LogP contribution in [0.4, 0.5) is 0 Å². The van der Waals surface area contributed by atoms with E-state index in [1.807, 2.05) is 30.2 Å². The Labute approximate surface area is 103 Å². The van der Waals surface area contributed by atoms with E-state index in [0.29, 0.717) is 6.04 Å². The molecule has 0 saturated heterocycles. The maximum Gasteiger partial charge on any atom is 0.0318 e. The van der Waals surface area contributed by atoms with E-state index >= 15 is 0 Å². The second-order valence-electron chi connectivity index (χ2n) is 3.77. The lowest BCUT2D eigenvalue weighted by molar-refractivity contribution is 0.596. The fraction of sp³-hybridized carbons (Fsp3) is 0.462. The predicted molar refractivity (Wildman–Crippen MR) is 72.9 cm³/mol. The lowest BCUT2D eigenvalue weighted by Gasteiger charge is -2.15. The normalized spacial score (nSPS) is 12.4. The number of hydrogen-bond donors (Lipinski definition) is 1. The van der Waals surface area contributed by atoms with Crippen molar-refractivity contribution >= 4 is 11.8 Å². The van der Waals surface area contributed by atoms with Gasteiger partial charge in [0, 0.05) is 36.5 Å². The van der Waals surface area contributed by atoms with Gasteiger partial charge in [-0.05, 0) is 31.0 Å². The zero-order chi connectivity index (χ0) is 11.8. The Morgan fingerprint density at radius 1 is 1.62 bits per heavy atom. The van der Waals surface area contributed by atoms with Crippen molar-refractivity contribution < 1.29 is 0 Å². The average Bonchev–Trinajstić information content (AvgIpc) is 2.29. The molecule has 0 fully saturated rings. The monoisotopic (exact) mass is 236 g/mol. The molecular formula is C13H20N2S. The molecule has 0 amide bonds. The van der Waals surface area contributed by atoms with Crippen LogP contribution in [0.25, 0.3) is 0 Å². The van der Waals surface area contributed by atoms with E-state index in [2.05, 4.69) is 36.8 Å². The molecule has 1 N–H and O–H groups in total. The molecule has 1 aromatic heterocycles. The maximum absolute atomic E-state index is 4.17. The van der Waals surface area contributed by atoms with Gasteiger partial charge in [-0.15, -0.1) is 6.58 Å². The molecule has 0 aliphatic rings. The molecular weight excluding hydrogens is 216 g/mol. The molecule has 3 heteroatoms. The number of pyridine rings is 1. The third-order valence-corrected chi connectivity index (χ3v) is 3.44. The van der Waals surface area contributed by atoms with E-state index in [0.717, 1.165) is 18.1 Å². The second kappa shape index (κ2) is 7.47. The zero-order valence-corrected chi connectivity index (χ0v) is 10.9. The Morgan fingerprint density at radius 3 is 3.12 bits per heavy atom. The minimum Gasteiger partial charge on any atom is -0.309 e. The summed E-state index contributed by atoms with van der Waals surface area (Å²) in [6, 6.07) is 2.43. The summed E-state index contributed by atoms with van der Waals surface area (Å²) in [6.07, 6.45) is 5.73. The van der Waals surface area contributed by atoms with Gasteiger partial charge in [0.25, 0.3) is 0 Å². The zero-order valence-electron chi connectivity index (χ0n) is 10.1. The minimum atomic E-state index is 0.373. The van der Waals surface area contributed by atoms with Crippen molar-refractivity contribution in [2.24, 2.45) is 0 Å². The first-order valence-electron chi connectivity index (χ1n) is 5.58. The van der Waals surface area contributed by atoms with Crippen LogP contribution in [-0.2, 0) is 0 Å². The standard InChI is InChI=1S/C13H20N2S/c1-4-8-16-9-7-15-12(3)13-10-14-6-5-11(13)2/h4-6,10,12,15H,1,7-9H2,2-3H3. The molecule has 88 valence electrons. The summed E-state index contributed by atoms with van der Waals surface area (Å²) in [7, 11) is 0. The van der Waals surface area contributed by atoms with E-state index < -0.39 is 0 Å². The van der Waals surface area contributed by atoms with Crippen LogP contribution in [0.3, 0.4) is 0 Å². The molecule has 1 rings (SSSR count). The Balaban J connectivity index is 2.32. The highest BCUT2D eigenvalue weighted by Gasteiger charge is 2.06. The second-order valence-corrected chi connectivity index (χ2v) is 4.92. The summed E-state index contributed by atoms with van der Waals surface area (Å²) < 4.78 is 0. The lowest BCUT2D eigenvalue weighted by Crippen LogP contribution is -2.22. The van der Waals surface area contributed by atoms with Crippen molar-refractivity contribution in [3.63, 3.8) is 0 Å². The number of hydrogen-bond acceptors (Lipinski definition) is 3. The quantitative estimate of drug-likeness (QED) is 0.582. The third kappa shape index (κ3) is 4.37. The molecule has 16 heavy (non-hydrogen) atoms. The van der Waals surface area contributed by atoms with Crippen LogP contribution >= 0.6 is 11.8 Å². The average molecular weight is 236 g/mol. The van der Waals surface area contributed by atoms with Gasteiger partial charge in [-0.2, -0.15) is 11.8 Å². The molecule has 1 heterocycles. The minimum absolute atomic E-state index is 0.373. The molecule has 0 aromatic carbocycles. The highest BCUT2D eigenvalue weighted by Crippen LogP contribution is 2.15. The van der Waals surface area contributed by atoms with Crippen molar-refractivity contribution in [1.82, 2.24) is 10.3 Å². The first-order valence-corrected chi connectivity index (χ1v) is 6.73. The highest BCUT2D eigenvalue weighted by molar-refractivity contribution is 7.99. The summed E-state index contributed by atoms with van der Waals surface area (Å²) in [4.78, 5) is 4.17. The predicted octanol–water partition coefficient (Wildman–Crippen LogP) is 2.96. The van der Waals surface area contributed by atoms with Crippen molar-refractivity contribution in [1.29, 1.82) is 0 Å². The van der Waals surface area contributed by atoms with Crippen LogP contribution in [0.2, 0.25) is 0 Å². The molecule has 1 aromatic rings. The van der Waals surface area contributed by atoms with Crippen molar-refractivity contribution in [2.45, 2.75) is 19.9 Å². The SMILES string of the molecule is C=CCSCCNC(C)c1cnccc1C. The molecule has 2 nitrogen and oxygen atoms in total. The third-order valence-electron chi connectivity index (χ3n) is 2.48. The van der Waals surface area contributed by atoms with Crippen LogP contribution in [-0.4, -0.2) is 23.0 Å². The number of nitrogens with one attached hydrogen (secondary N) is 1. The molecule has 1 unspecified atom stereocenters. The van der Waals surface area contributed by atoms with Gasteiger partial charge in [-0.1, -0.05) is 6.08 Å². The van der Waals surface area contributed by atoms with Crippen LogP contribution < -0.4 is 5.32 Å². The lowest BCUT2D eigenvalue weighted by atomic mass is 10.1. The first-order chi connectivity index (χ1) is 7.75. The molecule has 0 spiro atoms. The summed E-state index contributed by atoms with van der Waals surface area (Å²) in [5.41, 5.74) is 2.59. The Hall–Kier alpha value is -0.800. The molecule has 0 saturated carbocycles. The Bertz CT molecular complexity index is 325. The van der Waals surface area contributed by atoms with Crippen LogP contribution in [0.5, 0.6) is 0 Å². The van der Waals surface area contributed by atoms with Gasteiger partial charge in [0.1, 0.15) is 0 Å². The number of thioether (sulfide) groups is 1. The Kier molecular flexibility index (Phi) is 6.19. The van der Waals surface area contributed by atoms with Gasteiger partial charge < -0.3 is 5.32 Å². The van der Waals surface area contributed by atoms with E-state index in [-0.39, 0.29) is 0 Å². The largest absolute Gasteiger partial charge is 0.309 e. The van der Waals surface area contributed by atoms with E-state index in [9.17, 15) is 0 Å². The fourth-order valence-electron chi connectivity index (χ4n) is 1.55. The topological polar surface area (TPSA) is 24.9 Å². The van der Waals surface area contributed by atoms with Gasteiger partial charge in [0.2, 0.25) is 0 Å². The molecule has 1 atom stereocenters. The van der Waals surface area contributed by atoms with Gasteiger partial charge >= 0.3 is 0 Å². The molecule has 0 bridgehead atoms. The fourth-order valence-corrected chi connectivity index (χ4v) is 2.15. The van der Waals surface area contributed by atoms with E-state index in [1.54, 1.807) is 0 Å². The number of aryl methyl sites for hydroxylation is 1.